The van der Waals surface area contributed by atoms with Gasteiger partial charge in [-0.1, -0.05) is 0 Å². The third kappa shape index (κ3) is 9.23. The van der Waals surface area contributed by atoms with Crippen LogP contribution in [0.4, 0.5) is 0 Å². The van der Waals surface area contributed by atoms with Crippen molar-refractivity contribution in [2.45, 2.75) is 13.8 Å². The summed E-state index contributed by atoms with van der Waals surface area (Å²) in [6, 6.07) is 0. The summed E-state index contributed by atoms with van der Waals surface area (Å²) in [7, 11) is 0. The number of ether oxygens (including phenoxy) is 1. The van der Waals surface area contributed by atoms with Crippen LogP contribution < -0.4 is 0 Å². The first kappa shape index (κ1) is 10.7. The Labute approximate surface area is 60.2 Å². The smallest absolute Gasteiger partial charge is 0.310 e. The second kappa shape index (κ2) is 4.91. The van der Waals surface area contributed by atoms with Gasteiger partial charge in [-0.3, -0.25) is 9.59 Å². The van der Waals surface area contributed by atoms with Crippen LogP contribution in [0.5, 0.6) is 0 Å². The molecule has 8 heavy (non-hydrogen) atoms. The summed E-state index contributed by atoms with van der Waals surface area (Å²) < 4.78 is 3.97. The van der Waals surface area contributed by atoms with Gasteiger partial charge in [0, 0.05) is 33.3 Å². The topological polar surface area (TPSA) is 43.4 Å². The quantitative estimate of drug-likeness (QED) is 0.292. The Bertz CT molecular complexity index is 87.5. The monoisotopic (exact) mass is 166 g/mol. The molecule has 0 aromatic rings. The SMILES string of the molecule is CC(=O)OC(C)=O.[Zn]. The third-order valence-electron chi connectivity index (χ3n) is 0.287. The van der Waals surface area contributed by atoms with E-state index in [1.807, 2.05) is 0 Å². The van der Waals surface area contributed by atoms with E-state index in [9.17, 15) is 9.59 Å². The molecular weight excluding hydrogens is 161 g/mol. The van der Waals surface area contributed by atoms with Crippen LogP contribution in [0, 0.1) is 0 Å². The zero-order valence-electron chi connectivity index (χ0n) is 4.93. The first-order valence-corrected chi connectivity index (χ1v) is 1.82. The van der Waals surface area contributed by atoms with E-state index in [-0.39, 0.29) is 19.5 Å². The zero-order chi connectivity index (χ0) is 5.86. The molecule has 0 aliphatic rings. The molecule has 0 saturated carbocycles. The fourth-order valence-corrected chi connectivity index (χ4v) is 0.202. The van der Waals surface area contributed by atoms with E-state index in [4.69, 9.17) is 0 Å². The average molecular weight is 167 g/mol. The zero-order valence-corrected chi connectivity index (χ0v) is 7.90. The van der Waals surface area contributed by atoms with Gasteiger partial charge in [0.1, 0.15) is 0 Å². The van der Waals surface area contributed by atoms with Gasteiger partial charge in [0.25, 0.3) is 0 Å². The molecule has 0 heterocycles. The van der Waals surface area contributed by atoms with Gasteiger partial charge in [-0.2, -0.15) is 0 Å². The molecule has 0 unspecified atom stereocenters. The minimum Gasteiger partial charge on any atom is -0.394 e. The molecule has 0 bridgehead atoms. The molecule has 0 saturated heterocycles. The number of hydrogen-bond acceptors (Lipinski definition) is 3. The van der Waals surface area contributed by atoms with Crippen LogP contribution in [0.2, 0.25) is 0 Å². The Kier molecular flexibility index (Phi) is 6.56. The van der Waals surface area contributed by atoms with E-state index in [0.29, 0.717) is 0 Å². The molecule has 0 aromatic carbocycles. The van der Waals surface area contributed by atoms with Crippen LogP contribution in [-0.4, -0.2) is 11.9 Å². The van der Waals surface area contributed by atoms with Crippen LogP contribution in [-0.2, 0) is 33.8 Å². The molecule has 0 spiro atoms. The molecule has 4 heteroatoms. The fraction of sp³-hybridized carbons (Fsp3) is 0.500. The fourth-order valence-electron chi connectivity index (χ4n) is 0.202. The molecule has 0 aliphatic carbocycles. The van der Waals surface area contributed by atoms with E-state index in [0.717, 1.165) is 0 Å². The summed E-state index contributed by atoms with van der Waals surface area (Å²) in [5, 5.41) is 0. The maximum Gasteiger partial charge on any atom is 0.310 e. The Morgan fingerprint density at radius 1 is 1.12 bits per heavy atom. The molecule has 0 fully saturated rings. The minimum atomic E-state index is -0.562. The summed E-state index contributed by atoms with van der Waals surface area (Å²) in [4.78, 5) is 19.6. The van der Waals surface area contributed by atoms with E-state index in [1.54, 1.807) is 0 Å². The van der Waals surface area contributed by atoms with Crippen molar-refractivity contribution in [3.8, 4) is 0 Å². The van der Waals surface area contributed by atoms with Crippen LogP contribution in [0.3, 0.4) is 0 Å². The predicted molar refractivity (Wildman–Crippen MR) is 22.4 cm³/mol. The number of hydrogen-bond donors (Lipinski definition) is 0. The molecule has 0 rings (SSSR count). The van der Waals surface area contributed by atoms with Crippen molar-refractivity contribution >= 4 is 11.9 Å². The number of carbonyl (C=O) groups excluding carboxylic acids is 2. The first-order valence-electron chi connectivity index (χ1n) is 1.82. The van der Waals surface area contributed by atoms with Crippen LogP contribution >= 0.6 is 0 Å². The van der Waals surface area contributed by atoms with Gasteiger partial charge in [-0.25, -0.2) is 0 Å². The van der Waals surface area contributed by atoms with Crippen LogP contribution in [0.25, 0.3) is 0 Å². The van der Waals surface area contributed by atoms with Gasteiger partial charge >= 0.3 is 11.9 Å². The Hall–Kier alpha value is -0.237. The van der Waals surface area contributed by atoms with Crippen molar-refractivity contribution in [3.63, 3.8) is 0 Å². The summed E-state index contributed by atoms with van der Waals surface area (Å²) in [5.41, 5.74) is 0. The van der Waals surface area contributed by atoms with Crippen molar-refractivity contribution in [3.05, 3.63) is 0 Å². The van der Waals surface area contributed by atoms with Crippen LogP contribution in [0.1, 0.15) is 13.8 Å². The molecule has 0 atom stereocenters. The number of esters is 2. The summed E-state index contributed by atoms with van der Waals surface area (Å²) in [6.07, 6.45) is 0. The van der Waals surface area contributed by atoms with E-state index >= 15 is 0 Å². The number of carbonyl (C=O) groups is 2. The summed E-state index contributed by atoms with van der Waals surface area (Å²) in [5.74, 6) is -1.12. The maximum atomic E-state index is 9.81. The van der Waals surface area contributed by atoms with Crippen molar-refractivity contribution in [2.75, 3.05) is 0 Å². The molecule has 0 aliphatic heterocycles. The van der Waals surface area contributed by atoms with E-state index in [1.165, 1.54) is 13.8 Å². The molecule has 42 valence electrons. The predicted octanol–water partition coefficient (Wildman–Crippen LogP) is 0.0935. The molecule has 0 radical (unpaired) electrons. The Morgan fingerprint density at radius 2 is 1.38 bits per heavy atom. The standard InChI is InChI=1S/C4H6O3.Zn/c1-3(5)7-4(2)6;/h1-2H3;. The molecule has 3 nitrogen and oxygen atoms in total. The molecule has 0 N–H and O–H groups in total. The second-order valence-corrected chi connectivity index (χ2v) is 1.09. The van der Waals surface area contributed by atoms with E-state index < -0.39 is 11.9 Å². The van der Waals surface area contributed by atoms with Gasteiger partial charge in [0.2, 0.25) is 0 Å². The third-order valence-corrected chi connectivity index (χ3v) is 0.287. The van der Waals surface area contributed by atoms with Crippen molar-refractivity contribution in [2.24, 2.45) is 0 Å². The second-order valence-electron chi connectivity index (χ2n) is 1.09. The van der Waals surface area contributed by atoms with Gasteiger partial charge in [-0.05, 0) is 0 Å². The van der Waals surface area contributed by atoms with Gasteiger partial charge in [-0.15, -0.1) is 0 Å². The van der Waals surface area contributed by atoms with Gasteiger partial charge in [0.05, 0.1) is 0 Å². The maximum absolute atomic E-state index is 9.81. The van der Waals surface area contributed by atoms with Crippen molar-refractivity contribution < 1.29 is 33.8 Å². The normalized spacial score (nSPS) is 6.75. The Morgan fingerprint density at radius 3 is 1.38 bits per heavy atom. The molecule has 0 aromatic heterocycles. The van der Waals surface area contributed by atoms with Gasteiger partial charge in [0.15, 0.2) is 0 Å². The Balaban J connectivity index is 0. The molecular formula is C4H6O3Zn. The van der Waals surface area contributed by atoms with Crippen LogP contribution in [0.15, 0.2) is 0 Å². The minimum absolute atomic E-state index is 0. The van der Waals surface area contributed by atoms with Crippen molar-refractivity contribution in [1.29, 1.82) is 0 Å². The first-order chi connectivity index (χ1) is 3.13. The summed E-state index contributed by atoms with van der Waals surface area (Å²) in [6.45, 7) is 2.36. The summed E-state index contributed by atoms with van der Waals surface area (Å²) >= 11 is 0. The van der Waals surface area contributed by atoms with Gasteiger partial charge < -0.3 is 4.74 Å². The number of rotatable bonds is 0. The largest absolute Gasteiger partial charge is 0.394 e. The van der Waals surface area contributed by atoms with Crippen molar-refractivity contribution in [1.82, 2.24) is 0 Å². The average Bonchev–Trinajstić information content (AvgIpc) is 1.27. The molecule has 0 amide bonds. The van der Waals surface area contributed by atoms with E-state index in [2.05, 4.69) is 4.74 Å².